The molecule has 1 fully saturated rings. The van der Waals surface area contributed by atoms with Crippen LogP contribution in [0.2, 0.25) is 0 Å². The molecule has 15 atom stereocenters. The number of nitrogens with two attached hydrogens (primary N) is 5. The average molecular weight is 1780 g/mol. The van der Waals surface area contributed by atoms with Gasteiger partial charge in [0.25, 0.3) is 0 Å². The zero-order valence-corrected chi connectivity index (χ0v) is 70.6. The highest BCUT2D eigenvalue weighted by atomic mass is 32.1. The van der Waals surface area contributed by atoms with Crippen LogP contribution in [-0.4, -0.2) is 275 Å². The van der Waals surface area contributed by atoms with Crippen molar-refractivity contribution in [3.63, 3.8) is 0 Å². The van der Waals surface area contributed by atoms with E-state index in [0.29, 0.717) is 45.8 Å². The number of aliphatic hydroxyl groups excluding tert-OH is 1. The summed E-state index contributed by atoms with van der Waals surface area (Å²) in [6.07, 6.45) is -3.66. The highest BCUT2D eigenvalue weighted by molar-refractivity contribution is 7.80. The molecule has 44 nitrogen and oxygen atoms in total. The molecule has 0 bridgehead atoms. The van der Waals surface area contributed by atoms with E-state index in [2.05, 4.69) is 117 Å². The number of thiol groups is 3. The predicted molar refractivity (Wildman–Crippen MR) is 454 cm³/mol. The zero-order valence-electron chi connectivity index (χ0n) is 67.9. The second kappa shape index (κ2) is 50.6. The van der Waals surface area contributed by atoms with Gasteiger partial charge in [0, 0.05) is 90.2 Å². The lowest BCUT2D eigenvalue weighted by Gasteiger charge is -2.29. The number of hydrogen-bond donors (Lipinski definition) is 28. The van der Waals surface area contributed by atoms with Gasteiger partial charge >= 0.3 is 17.9 Å². The third-order valence-corrected chi connectivity index (χ3v) is 20.8. The number of nitrogens with zero attached hydrogens (tertiary/aromatic N) is 1. The molecule has 4 aromatic rings. The minimum absolute atomic E-state index is 0.0120. The van der Waals surface area contributed by atoms with Crippen molar-refractivity contribution in [2.45, 2.75) is 214 Å². The molecule has 1 saturated heterocycles. The van der Waals surface area contributed by atoms with Gasteiger partial charge in [0.15, 0.2) is 5.96 Å². The summed E-state index contributed by atoms with van der Waals surface area (Å²) in [7, 11) is 0. The minimum Gasteiger partial charge on any atom is -0.481 e. The van der Waals surface area contributed by atoms with Gasteiger partial charge in [-0.15, -0.1) is 0 Å². The molecular weight excluding hydrogens is 1670 g/mol. The Bertz CT molecular complexity index is 4440. The number of nitrogens with one attached hydrogen (secondary N) is 16. The number of benzene rings is 2. The normalized spacial score (nSPS) is 15.9. The van der Waals surface area contributed by atoms with Crippen LogP contribution >= 0.6 is 37.9 Å². The van der Waals surface area contributed by atoms with Crippen LogP contribution in [0.15, 0.2) is 60.9 Å². The summed E-state index contributed by atoms with van der Waals surface area (Å²) in [4.78, 5) is 255. The van der Waals surface area contributed by atoms with Crippen LogP contribution in [0.1, 0.15) is 122 Å². The van der Waals surface area contributed by atoms with E-state index in [4.69, 9.17) is 34.1 Å². The van der Waals surface area contributed by atoms with Gasteiger partial charge in [-0.05, 0) is 107 Å². The maximum atomic E-state index is 15.2. The van der Waals surface area contributed by atoms with Crippen molar-refractivity contribution >= 4 is 172 Å². The highest BCUT2D eigenvalue weighted by Gasteiger charge is 2.42. The fourth-order valence-corrected chi connectivity index (χ4v) is 14.0. The number of aromatic amines is 2. The number of H-pyrrole nitrogens is 2. The van der Waals surface area contributed by atoms with Gasteiger partial charge in [-0.2, -0.15) is 37.9 Å². The third-order valence-electron chi connectivity index (χ3n) is 19.7. The lowest BCUT2D eigenvalue weighted by Crippen LogP contribution is -2.62. The van der Waals surface area contributed by atoms with Crippen LogP contribution < -0.4 is 97.8 Å². The molecule has 2 aromatic carbocycles. The Morgan fingerprint density at radius 1 is 0.488 bits per heavy atom. The van der Waals surface area contributed by atoms with Crippen molar-refractivity contribution in [1.29, 1.82) is 5.41 Å². The Hall–Kier alpha value is -11.8. The second-order valence-electron chi connectivity index (χ2n) is 29.8. The number of unbranched alkanes of at least 4 members (excludes halogenated alkanes) is 1. The second-order valence-corrected chi connectivity index (χ2v) is 30.9. The van der Waals surface area contributed by atoms with E-state index in [1.54, 1.807) is 48.5 Å². The number of carbonyl (C=O) groups excluding carboxylic acids is 15. The van der Waals surface area contributed by atoms with E-state index in [1.807, 2.05) is 13.8 Å². The summed E-state index contributed by atoms with van der Waals surface area (Å²) in [5.41, 5.74) is 30.2. The number of carbonyl (C=O) groups is 18. The van der Waals surface area contributed by atoms with Gasteiger partial charge in [-0.3, -0.25) is 86.9 Å². The number of aliphatic hydroxyl groups is 1. The van der Waals surface area contributed by atoms with Gasteiger partial charge in [0.05, 0.1) is 25.0 Å². The monoisotopic (exact) mass is 1780 g/mol. The van der Waals surface area contributed by atoms with Gasteiger partial charge in [0.1, 0.15) is 78.5 Å². The Morgan fingerprint density at radius 3 is 1.33 bits per heavy atom. The summed E-state index contributed by atoms with van der Waals surface area (Å²) >= 11 is 12.3. The van der Waals surface area contributed by atoms with E-state index in [0.717, 1.165) is 6.92 Å². The molecular formula is C76H112N22O22S3. The minimum atomic E-state index is -2.19. The number of rotatable bonds is 54. The number of primary amides is 2. The Labute approximate surface area is 722 Å². The topological polar surface area (TPSA) is 733 Å². The number of amides is 15. The van der Waals surface area contributed by atoms with Crippen molar-refractivity contribution in [3.8, 4) is 0 Å². The molecule has 676 valence electrons. The Kier molecular flexibility index (Phi) is 41.8. The summed E-state index contributed by atoms with van der Waals surface area (Å²) in [6.45, 7) is 5.14. The quantitative estimate of drug-likeness (QED) is 0.00846. The summed E-state index contributed by atoms with van der Waals surface area (Å²) in [5, 5.41) is 80.5. The number of carboxylic acids is 3. The number of para-hydroxylation sites is 2. The molecule has 47 heteroatoms. The van der Waals surface area contributed by atoms with Crippen molar-refractivity contribution in [3.05, 3.63) is 72.1 Å². The van der Waals surface area contributed by atoms with Crippen molar-refractivity contribution < 1.29 is 107 Å². The van der Waals surface area contributed by atoms with Crippen LogP contribution in [0.25, 0.3) is 21.8 Å². The van der Waals surface area contributed by atoms with Gasteiger partial charge in [-0.1, -0.05) is 50.2 Å². The molecule has 0 unspecified atom stereocenters. The Morgan fingerprint density at radius 2 is 0.894 bits per heavy atom. The van der Waals surface area contributed by atoms with Crippen LogP contribution in [-0.2, 0) is 99.1 Å². The molecule has 0 aliphatic carbocycles. The highest BCUT2D eigenvalue weighted by Crippen LogP contribution is 2.24. The van der Waals surface area contributed by atoms with Crippen LogP contribution in [0.5, 0.6) is 0 Å². The molecule has 0 radical (unpaired) electrons. The van der Waals surface area contributed by atoms with E-state index in [9.17, 15) is 97.1 Å². The first-order valence-electron chi connectivity index (χ1n) is 39.5. The van der Waals surface area contributed by atoms with E-state index < -0.39 is 266 Å². The number of likely N-dealkylation sites (tertiary alicyclic amines) is 1. The molecule has 30 N–H and O–H groups in total. The molecule has 0 spiro atoms. The summed E-state index contributed by atoms with van der Waals surface area (Å²) in [6, 6.07) is -10.1. The lowest BCUT2D eigenvalue weighted by atomic mass is 10.0. The van der Waals surface area contributed by atoms with Crippen molar-refractivity contribution in [2.75, 3.05) is 36.9 Å². The lowest BCUT2D eigenvalue weighted by molar-refractivity contribution is -0.142. The van der Waals surface area contributed by atoms with E-state index in [1.165, 1.54) is 17.3 Å². The van der Waals surface area contributed by atoms with Crippen molar-refractivity contribution in [1.82, 2.24) is 84.0 Å². The maximum Gasteiger partial charge on any atom is 0.327 e. The number of fused-ring (bicyclic) bond motifs is 2. The summed E-state index contributed by atoms with van der Waals surface area (Å²) in [5.74, 6) is -22.8. The first kappa shape index (κ1) is 102. The number of guanidine groups is 1. The Balaban J connectivity index is 1.47. The third kappa shape index (κ3) is 32.8. The van der Waals surface area contributed by atoms with Gasteiger partial charge in [0.2, 0.25) is 88.6 Å². The maximum absolute atomic E-state index is 15.2. The largest absolute Gasteiger partial charge is 0.481 e. The van der Waals surface area contributed by atoms with Crippen LogP contribution in [0.3, 0.4) is 0 Å². The van der Waals surface area contributed by atoms with E-state index >= 15 is 9.59 Å². The SMILES string of the molecule is CC(C)C[C@H](N)C(=O)N1CCC[C@H]1C(=O)N[C@@H](CS)C(=O)N[C@@H](CCCNC(=N)N)C(=O)N[C@@H](CCCCN)C(=O)N[C@@H](CCC(N)=O)C(=O)N[C@@H](Cc1c[nH]c2ccccc12)C(=O)N[C@@H](CC(=O)O)C(=O)N[C@@H](Cc1c[nH]c2ccccc12)C(=O)N[C@@H](CCC(=O)O)C(=O)N[C@H](C(=O)N[C@@H](CS)C(=O)N[C@@H](CC(N)=O)C(=O)N[C@@H](CS)C(=O)O)[C@@H](C)O. The number of carboxylic acid groups (broad SMARTS) is 3. The van der Waals surface area contributed by atoms with Crippen LogP contribution in [0.4, 0.5) is 0 Å². The predicted octanol–water partition coefficient (Wildman–Crippen LogP) is -6.26. The molecule has 5 rings (SSSR count). The molecule has 1 aliphatic rings. The number of aromatic nitrogens is 2. The molecule has 15 amide bonds. The smallest absolute Gasteiger partial charge is 0.327 e. The molecule has 2 aromatic heterocycles. The molecule has 1 aliphatic heterocycles. The first-order valence-corrected chi connectivity index (χ1v) is 41.4. The molecule has 123 heavy (non-hydrogen) atoms. The fraction of sp³-hybridized carbons (Fsp3) is 0.539. The zero-order chi connectivity index (χ0) is 91.5. The number of hydrogen-bond acceptors (Lipinski definition) is 25. The fourth-order valence-electron chi connectivity index (χ4n) is 13.2. The molecule has 0 saturated carbocycles. The standard InChI is InChI=1S/C76H112N22O22S3/c1-36(2)26-42(78)74(118)98-25-11-18-56(98)72(116)94-53(33-121)70(114)87-46(17-10-24-83-76(81)82)63(107)86-45(16-8-9-23-77)62(106)88-47(19-21-57(79)100)64(108)90-50(28-39-32-85-44-15-7-5-13-41(39)44)67(111)93-52(30-60(104)105)69(113)91-49(27-38-31-84-43-14-6-4-12-40(38)43)66(110)89-48(20-22-59(102)103)65(109)97-61(37(3)99)73(117)95-54(34-122)71(115)92-51(29-58(80)101)68(112)96-55(35-123)75(119)120/h4-7,12-15,31-32,36-37,42,45-56,61,84-85,99,121-123H,8-11,16-30,33-35,77-78H2,1-3H3,(H2,79,100)(H2,80,101)(H,86,107)(H,87,114)(H,88,106)(H,89,110)(H,90,108)(H,91,113)(H,92,115)(H,93,111)(H,94,116)(H,95,117)(H,96,112)(H,97,109)(H,102,103)(H,104,105)(H,119,120)(H4,81,82,83)/t37-,42+,45+,46+,47+,48+,49+,50+,51+,52+,53+,54+,55+,56+,61+/m1/s1. The summed E-state index contributed by atoms with van der Waals surface area (Å²) < 4.78 is 0. The van der Waals surface area contributed by atoms with Crippen LogP contribution in [0, 0.1) is 11.3 Å². The van der Waals surface area contributed by atoms with E-state index in [-0.39, 0.29) is 69.8 Å². The molecule has 3 heterocycles. The van der Waals surface area contributed by atoms with Gasteiger partial charge < -0.3 is 133 Å². The first-order chi connectivity index (χ1) is 58.2. The average Bonchev–Trinajstić information content (AvgIpc) is 1.70. The van der Waals surface area contributed by atoms with Crippen molar-refractivity contribution in [2.24, 2.45) is 34.6 Å². The number of aliphatic carboxylic acids is 3. The van der Waals surface area contributed by atoms with Gasteiger partial charge in [-0.25, -0.2) is 4.79 Å².